The summed E-state index contributed by atoms with van der Waals surface area (Å²) in [4.78, 5) is 12.0. The van der Waals surface area contributed by atoms with Gasteiger partial charge in [0.15, 0.2) is 12.0 Å². The average molecular weight is 379 g/mol. The van der Waals surface area contributed by atoms with Gasteiger partial charge in [-0.2, -0.15) is 0 Å². The first kappa shape index (κ1) is 17.3. The van der Waals surface area contributed by atoms with Crippen LogP contribution in [0.5, 0.6) is 0 Å². The highest BCUT2D eigenvalue weighted by atomic mass is 32.2. The molecule has 0 amide bonds. The fourth-order valence-corrected chi connectivity index (χ4v) is 4.94. The molecule has 0 saturated heterocycles. The lowest BCUT2D eigenvalue weighted by Gasteiger charge is -2.32. The van der Waals surface area contributed by atoms with Crippen LogP contribution in [-0.4, -0.2) is 33.2 Å². The molecule has 0 aromatic heterocycles. The van der Waals surface area contributed by atoms with Crippen LogP contribution in [0.3, 0.4) is 0 Å². The second-order valence-corrected chi connectivity index (χ2v) is 8.16. The second kappa shape index (κ2) is 6.25. The molecule has 0 saturated carbocycles. The van der Waals surface area contributed by atoms with Gasteiger partial charge in [-0.25, -0.2) is 8.42 Å². The summed E-state index contributed by atoms with van der Waals surface area (Å²) in [6.45, 7) is 0. The van der Waals surface area contributed by atoms with Gasteiger partial charge in [-0.3, -0.25) is 9.10 Å². The molecule has 0 unspecified atom stereocenters. The SMILES string of the molecule is COC1=C(c2c(C=O)ccc3ccccc23)N(C)S(=O)(=O)c2ccccc21. The zero-order chi connectivity index (χ0) is 19.2. The van der Waals surface area contributed by atoms with E-state index in [1.807, 2.05) is 30.3 Å². The van der Waals surface area contributed by atoms with E-state index < -0.39 is 10.0 Å². The predicted molar refractivity (Wildman–Crippen MR) is 105 cm³/mol. The second-order valence-electron chi connectivity index (χ2n) is 6.22. The predicted octanol–water partition coefficient (Wildman–Crippen LogP) is 3.76. The summed E-state index contributed by atoms with van der Waals surface area (Å²) in [5, 5.41) is 1.69. The molecule has 1 aliphatic heterocycles. The minimum atomic E-state index is -3.78. The Morgan fingerprint density at radius 2 is 1.67 bits per heavy atom. The summed E-state index contributed by atoms with van der Waals surface area (Å²) in [6.07, 6.45) is 0.739. The van der Waals surface area contributed by atoms with Crippen LogP contribution in [0.4, 0.5) is 0 Å². The molecule has 6 heteroatoms. The van der Waals surface area contributed by atoms with Gasteiger partial charge in [0.1, 0.15) is 5.70 Å². The van der Waals surface area contributed by atoms with Crippen molar-refractivity contribution in [3.63, 3.8) is 0 Å². The van der Waals surface area contributed by atoms with E-state index in [-0.39, 0.29) is 4.90 Å². The first-order chi connectivity index (χ1) is 13.0. The molecule has 0 atom stereocenters. The number of benzene rings is 3. The number of hydrogen-bond donors (Lipinski definition) is 0. The van der Waals surface area contributed by atoms with Crippen molar-refractivity contribution in [2.45, 2.75) is 4.90 Å². The summed E-state index contributed by atoms with van der Waals surface area (Å²) < 4.78 is 33.1. The molecule has 3 aromatic rings. The number of carbonyl (C=O) groups excluding carboxylic acids is 1. The minimum absolute atomic E-state index is 0.181. The highest BCUT2D eigenvalue weighted by molar-refractivity contribution is 7.89. The summed E-state index contributed by atoms with van der Waals surface area (Å²) in [7, 11) is -0.789. The van der Waals surface area contributed by atoms with E-state index in [9.17, 15) is 13.2 Å². The molecule has 136 valence electrons. The maximum Gasteiger partial charge on any atom is 0.264 e. The fraction of sp³-hybridized carbons (Fsp3) is 0.0952. The topological polar surface area (TPSA) is 63.7 Å². The maximum absolute atomic E-state index is 13.1. The smallest absolute Gasteiger partial charge is 0.264 e. The van der Waals surface area contributed by atoms with Gasteiger partial charge in [0.2, 0.25) is 0 Å². The number of fused-ring (bicyclic) bond motifs is 2. The lowest BCUT2D eigenvalue weighted by molar-refractivity contribution is 0.112. The van der Waals surface area contributed by atoms with Crippen molar-refractivity contribution in [1.29, 1.82) is 0 Å². The van der Waals surface area contributed by atoms with Gasteiger partial charge in [-0.15, -0.1) is 0 Å². The van der Waals surface area contributed by atoms with Crippen LogP contribution in [0.2, 0.25) is 0 Å². The van der Waals surface area contributed by atoms with Gasteiger partial charge < -0.3 is 4.74 Å². The largest absolute Gasteiger partial charge is 0.494 e. The van der Waals surface area contributed by atoms with Crippen molar-refractivity contribution in [1.82, 2.24) is 4.31 Å². The fourth-order valence-electron chi connectivity index (χ4n) is 3.55. The summed E-state index contributed by atoms with van der Waals surface area (Å²) in [5.41, 5.74) is 1.79. The Labute approximate surface area is 157 Å². The standard InChI is InChI=1S/C21H17NO4S/c1-22-20(19-15(13-23)12-11-14-7-3-4-8-16(14)19)21(26-2)17-9-5-6-10-18(17)27(22,24)25/h3-13H,1-2H3. The Bertz CT molecular complexity index is 1210. The van der Waals surface area contributed by atoms with Crippen molar-refractivity contribution < 1.29 is 17.9 Å². The highest BCUT2D eigenvalue weighted by Gasteiger charge is 2.37. The van der Waals surface area contributed by atoms with Crippen LogP contribution in [0, 0.1) is 0 Å². The number of methoxy groups -OCH3 is 1. The van der Waals surface area contributed by atoms with Gasteiger partial charge in [0, 0.05) is 23.7 Å². The third-order valence-corrected chi connectivity index (χ3v) is 6.64. The zero-order valence-electron chi connectivity index (χ0n) is 14.8. The lowest BCUT2D eigenvalue weighted by Crippen LogP contribution is -2.31. The van der Waals surface area contributed by atoms with E-state index >= 15 is 0 Å². The molecule has 1 heterocycles. The van der Waals surface area contributed by atoms with Gasteiger partial charge in [0.05, 0.1) is 12.0 Å². The monoisotopic (exact) mass is 379 g/mol. The maximum atomic E-state index is 13.1. The van der Waals surface area contributed by atoms with Gasteiger partial charge in [0.25, 0.3) is 10.0 Å². The highest BCUT2D eigenvalue weighted by Crippen LogP contribution is 2.43. The van der Waals surface area contributed by atoms with E-state index in [1.165, 1.54) is 18.5 Å². The van der Waals surface area contributed by atoms with Crippen LogP contribution < -0.4 is 0 Å². The molecule has 1 aliphatic rings. The summed E-state index contributed by atoms with van der Waals surface area (Å²) >= 11 is 0. The first-order valence-corrected chi connectivity index (χ1v) is 9.78. The third-order valence-electron chi connectivity index (χ3n) is 4.83. The molecule has 4 rings (SSSR count). The van der Waals surface area contributed by atoms with Crippen molar-refractivity contribution in [2.75, 3.05) is 14.2 Å². The van der Waals surface area contributed by atoms with Crippen molar-refractivity contribution in [3.8, 4) is 0 Å². The summed E-state index contributed by atoms with van der Waals surface area (Å²) in [6, 6.07) is 17.8. The molecule has 0 N–H and O–H groups in total. The average Bonchev–Trinajstić information content (AvgIpc) is 2.70. The van der Waals surface area contributed by atoms with E-state index in [0.29, 0.717) is 28.1 Å². The number of rotatable bonds is 3. The number of ether oxygens (including phenoxy) is 1. The Morgan fingerprint density at radius 1 is 0.963 bits per heavy atom. The summed E-state index contributed by atoms with van der Waals surface area (Å²) in [5.74, 6) is 0.419. The number of sulfonamides is 1. The molecule has 5 nitrogen and oxygen atoms in total. The molecular weight excluding hydrogens is 362 g/mol. The first-order valence-electron chi connectivity index (χ1n) is 8.34. The van der Waals surface area contributed by atoms with E-state index in [0.717, 1.165) is 17.1 Å². The van der Waals surface area contributed by atoms with Crippen LogP contribution in [-0.2, 0) is 14.8 Å². The molecule has 0 fully saturated rings. The molecular formula is C21H17NO4S. The Kier molecular flexibility index (Phi) is 4.00. The van der Waals surface area contributed by atoms with E-state index in [4.69, 9.17) is 4.74 Å². The van der Waals surface area contributed by atoms with Gasteiger partial charge in [-0.05, 0) is 22.9 Å². The van der Waals surface area contributed by atoms with Crippen molar-refractivity contribution in [3.05, 3.63) is 77.4 Å². The molecule has 3 aromatic carbocycles. The van der Waals surface area contributed by atoms with Crippen LogP contribution in [0.15, 0.2) is 65.6 Å². The van der Waals surface area contributed by atoms with Crippen molar-refractivity contribution >= 4 is 38.5 Å². The number of aldehydes is 1. The molecule has 0 radical (unpaired) electrons. The molecule has 27 heavy (non-hydrogen) atoms. The number of nitrogens with zero attached hydrogens (tertiary/aromatic N) is 1. The van der Waals surface area contributed by atoms with Crippen LogP contribution >= 0.6 is 0 Å². The molecule has 0 aliphatic carbocycles. The Hall–Kier alpha value is -3.12. The Balaban J connectivity index is 2.20. The zero-order valence-corrected chi connectivity index (χ0v) is 15.7. The Morgan fingerprint density at radius 3 is 2.41 bits per heavy atom. The van der Waals surface area contributed by atoms with Crippen LogP contribution in [0.1, 0.15) is 21.5 Å². The lowest BCUT2D eigenvalue weighted by atomic mass is 9.95. The quantitative estimate of drug-likeness (QED) is 0.650. The van der Waals surface area contributed by atoms with Gasteiger partial charge >= 0.3 is 0 Å². The third kappa shape index (κ3) is 2.44. The minimum Gasteiger partial charge on any atom is -0.494 e. The normalized spacial score (nSPS) is 15.6. The molecule has 0 spiro atoms. The van der Waals surface area contributed by atoms with Gasteiger partial charge in [-0.1, -0.05) is 48.5 Å². The number of hydrogen-bond acceptors (Lipinski definition) is 4. The van der Waals surface area contributed by atoms with Crippen LogP contribution in [0.25, 0.3) is 22.2 Å². The van der Waals surface area contributed by atoms with Crippen molar-refractivity contribution in [2.24, 2.45) is 0 Å². The van der Waals surface area contributed by atoms with E-state index in [2.05, 4.69) is 0 Å². The molecule has 0 bridgehead atoms. The number of carbonyl (C=O) groups is 1. The van der Waals surface area contributed by atoms with E-state index in [1.54, 1.807) is 30.3 Å².